The van der Waals surface area contributed by atoms with Gasteiger partial charge < -0.3 is 14.8 Å². The zero-order valence-electron chi connectivity index (χ0n) is 14.2. The van der Waals surface area contributed by atoms with Crippen LogP contribution in [0.5, 0.6) is 0 Å². The van der Waals surface area contributed by atoms with Crippen LogP contribution in [0.25, 0.3) is 0 Å². The average Bonchev–Trinajstić information content (AvgIpc) is 2.37. The molecule has 1 aliphatic carbocycles. The number of halogens is 4. The highest BCUT2D eigenvalue weighted by Gasteiger charge is 2.35. The van der Waals surface area contributed by atoms with E-state index < -0.39 is 23.7 Å². The van der Waals surface area contributed by atoms with Gasteiger partial charge in [-0.2, -0.15) is 13.2 Å². The molecule has 1 amide bonds. The van der Waals surface area contributed by atoms with E-state index in [9.17, 15) is 22.4 Å². The van der Waals surface area contributed by atoms with Gasteiger partial charge >= 0.3 is 12.3 Å². The highest BCUT2D eigenvalue weighted by molar-refractivity contribution is 5.68. The molecule has 1 aromatic rings. The summed E-state index contributed by atoms with van der Waals surface area (Å²) in [5.41, 5.74) is -1.36. The normalized spacial score (nSPS) is 20.8. The van der Waals surface area contributed by atoms with E-state index in [0.29, 0.717) is 24.5 Å². The van der Waals surface area contributed by atoms with Crippen molar-refractivity contribution in [1.29, 1.82) is 0 Å². The van der Waals surface area contributed by atoms with Crippen LogP contribution in [0.1, 0.15) is 44.7 Å². The van der Waals surface area contributed by atoms with E-state index in [1.54, 1.807) is 0 Å². The van der Waals surface area contributed by atoms with Gasteiger partial charge in [-0.05, 0) is 38.5 Å². The first kappa shape index (κ1) is 19.5. The summed E-state index contributed by atoms with van der Waals surface area (Å²) in [6.07, 6.45) is -4.63. The molecule has 1 N–H and O–H groups in total. The topological polar surface area (TPSA) is 47.6 Å². The largest absolute Gasteiger partial charge is 0.446 e. The average molecular weight is 363 g/mol. The van der Waals surface area contributed by atoms with E-state index in [-0.39, 0.29) is 24.4 Å². The summed E-state index contributed by atoms with van der Waals surface area (Å²) in [5, 5.41) is 2.68. The smallest absolute Gasteiger partial charge is 0.419 e. The lowest BCUT2D eigenvalue weighted by Gasteiger charge is -2.35. The first-order chi connectivity index (χ1) is 11.4. The molecule has 1 saturated carbocycles. The standard InChI is InChI=1S/C17H21F4NO3/c1-16(2,3)22-15(23)25-12-7-11(8-12)24-9-10-4-5-13(14(18)6-10)17(19,20)21/h4-6,11-12H,7-9H2,1-3H3,(H,22,23). The third-order valence-corrected chi connectivity index (χ3v) is 3.63. The number of benzene rings is 1. The van der Waals surface area contributed by atoms with Crippen LogP contribution in [-0.2, 0) is 22.3 Å². The van der Waals surface area contributed by atoms with E-state index in [1.807, 2.05) is 20.8 Å². The number of carbonyl (C=O) groups excluding carboxylic acids is 1. The van der Waals surface area contributed by atoms with Gasteiger partial charge in [-0.1, -0.05) is 6.07 Å². The number of rotatable bonds is 4. The molecule has 0 aromatic heterocycles. The quantitative estimate of drug-likeness (QED) is 0.806. The lowest BCUT2D eigenvalue weighted by Crippen LogP contribution is -2.46. The summed E-state index contributed by atoms with van der Waals surface area (Å²) in [6, 6.07) is 2.72. The molecule has 0 aliphatic heterocycles. The maximum atomic E-state index is 13.5. The lowest BCUT2D eigenvalue weighted by molar-refractivity contribution is -0.140. The Balaban J connectivity index is 1.74. The molecule has 0 unspecified atom stereocenters. The van der Waals surface area contributed by atoms with Crippen LogP contribution >= 0.6 is 0 Å². The Morgan fingerprint density at radius 3 is 2.36 bits per heavy atom. The molecule has 140 valence electrons. The van der Waals surface area contributed by atoms with Gasteiger partial charge in [0.15, 0.2) is 0 Å². The van der Waals surface area contributed by atoms with Crippen molar-refractivity contribution in [2.75, 3.05) is 0 Å². The first-order valence-corrected chi connectivity index (χ1v) is 7.90. The molecule has 2 rings (SSSR count). The van der Waals surface area contributed by atoms with Crippen molar-refractivity contribution in [1.82, 2.24) is 5.32 Å². The number of hydrogen-bond donors (Lipinski definition) is 1. The van der Waals surface area contributed by atoms with Gasteiger partial charge in [0.05, 0.1) is 18.3 Å². The molecule has 0 heterocycles. The van der Waals surface area contributed by atoms with Crippen molar-refractivity contribution in [2.45, 2.75) is 64.1 Å². The summed E-state index contributed by atoms with van der Waals surface area (Å²) in [7, 11) is 0. The second-order valence-electron chi connectivity index (χ2n) is 7.12. The van der Waals surface area contributed by atoms with Crippen LogP contribution in [0.15, 0.2) is 18.2 Å². The molecule has 0 atom stereocenters. The van der Waals surface area contributed by atoms with Gasteiger partial charge in [-0.15, -0.1) is 0 Å². The van der Waals surface area contributed by atoms with Crippen molar-refractivity contribution >= 4 is 6.09 Å². The van der Waals surface area contributed by atoms with Crippen LogP contribution in [0.3, 0.4) is 0 Å². The summed E-state index contributed by atoms with van der Waals surface area (Å²) in [6.45, 7) is 5.51. The molecule has 0 spiro atoms. The Hall–Kier alpha value is -1.83. The molecule has 1 aromatic carbocycles. The van der Waals surface area contributed by atoms with Crippen molar-refractivity contribution < 1.29 is 31.8 Å². The fraction of sp³-hybridized carbons (Fsp3) is 0.588. The van der Waals surface area contributed by atoms with Crippen LogP contribution in [0.4, 0.5) is 22.4 Å². The summed E-state index contributed by atoms with van der Waals surface area (Å²) >= 11 is 0. The highest BCUT2D eigenvalue weighted by atomic mass is 19.4. The zero-order chi connectivity index (χ0) is 18.8. The van der Waals surface area contributed by atoms with E-state index in [0.717, 1.165) is 6.07 Å². The predicted octanol–water partition coefficient (Wildman–Crippen LogP) is 4.42. The van der Waals surface area contributed by atoms with Gasteiger partial charge in [-0.3, -0.25) is 0 Å². The number of nitrogens with one attached hydrogen (secondary N) is 1. The predicted molar refractivity (Wildman–Crippen MR) is 82.4 cm³/mol. The number of alkyl carbamates (subject to hydrolysis) is 1. The Kier molecular flexibility index (Phi) is 5.61. The summed E-state index contributed by atoms with van der Waals surface area (Å²) in [5.74, 6) is -1.32. The summed E-state index contributed by atoms with van der Waals surface area (Å²) < 4.78 is 61.6. The Morgan fingerprint density at radius 1 is 1.20 bits per heavy atom. The van der Waals surface area contributed by atoms with E-state index in [2.05, 4.69) is 5.32 Å². The third kappa shape index (κ3) is 5.88. The summed E-state index contributed by atoms with van der Waals surface area (Å²) in [4.78, 5) is 11.6. The molecular formula is C17H21F4NO3. The fourth-order valence-corrected chi connectivity index (χ4v) is 2.33. The van der Waals surface area contributed by atoms with Gasteiger partial charge in [0.2, 0.25) is 0 Å². The monoisotopic (exact) mass is 363 g/mol. The van der Waals surface area contributed by atoms with Gasteiger partial charge in [-0.25, -0.2) is 9.18 Å². The van der Waals surface area contributed by atoms with Crippen LogP contribution < -0.4 is 5.32 Å². The molecule has 8 heteroatoms. The SMILES string of the molecule is CC(C)(C)NC(=O)OC1CC(OCc2ccc(C(F)(F)F)c(F)c2)C1. The molecule has 4 nitrogen and oxygen atoms in total. The number of carbonyl (C=O) groups is 1. The number of hydrogen-bond acceptors (Lipinski definition) is 3. The number of amides is 1. The maximum absolute atomic E-state index is 13.5. The van der Waals surface area contributed by atoms with E-state index >= 15 is 0 Å². The lowest BCUT2D eigenvalue weighted by atomic mass is 9.92. The van der Waals surface area contributed by atoms with Crippen LogP contribution in [-0.4, -0.2) is 23.8 Å². The van der Waals surface area contributed by atoms with E-state index in [1.165, 1.54) is 6.07 Å². The van der Waals surface area contributed by atoms with Gasteiger partial charge in [0.25, 0.3) is 0 Å². The zero-order valence-corrected chi connectivity index (χ0v) is 14.2. The number of ether oxygens (including phenoxy) is 2. The minimum Gasteiger partial charge on any atom is -0.446 e. The molecular weight excluding hydrogens is 342 g/mol. The third-order valence-electron chi connectivity index (χ3n) is 3.63. The van der Waals surface area contributed by atoms with Crippen molar-refractivity contribution in [3.63, 3.8) is 0 Å². The first-order valence-electron chi connectivity index (χ1n) is 7.90. The van der Waals surface area contributed by atoms with Crippen LogP contribution in [0.2, 0.25) is 0 Å². The van der Waals surface area contributed by atoms with Crippen molar-refractivity contribution in [3.8, 4) is 0 Å². The highest BCUT2D eigenvalue weighted by Crippen LogP contribution is 2.32. The maximum Gasteiger partial charge on any atom is 0.419 e. The Labute approximate surface area is 143 Å². The van der Waals surface area contributed by atoms with Crippen molar-refractivity contribution in [2.24, 2.45) is 0 Å². The van der Waals surface area contributed by atoms with Crippen LogP contribution in [0, 0.1) is 5.82 Å². The minimum atomic E-state index is -4.71. The Bertz CT molecular complexity index is 619. The molecule has 1 fully saturated rings. The Morgan fingerprint density at radius 2 is 1.84 bits per heavy atom. The van der Waals surface area contributed by atoms with E-state index in [4.69, 9.17) is 9.47 Å². The van der Waals surface area contributed by atoms with Gasteiger partial charge in [0.1, 0.15) is 11.9 Å². The molecule has 1 aliphatic rings. The second kappa shape index (κ2) is 7.19. The molecule has 25 heavy (non-hydrogen) atoms. The number of alkyl halides is 3. The minimum absolute atomic E-state index is 0.000626. The molecule has 0 bridgehead atoms. The second-order valence-corrected chi connectivity index (χ2v) is 7.12. The molecule has 0 saturated heterocycles. The van der Waals surface area contributed by atoms with Crippen molar-refractivity contribution in [3.05, 3.63) is 35.1 Å². The van der Waals surface area contributed by atoms with Gasteiger partial charge in [0, 0.05) is 18.4 Å². The molecule has 0 radical (unpaired) electrons. The fourth-order valence-electron chi connectivity index (χ4n) is 2.33.